The highest BCUT2D eigenvalue weighted by Gasteiger charge is 2.41. The number of carbonyl (C=O) groups is 3. The maximum absolute atomic E-state index is 12.6. The van der Waals surface area contributed by atoms with E-state index < -0.39 is 11.8 Å². The summed E-state index contributed by atoms with van der Waals surface area (Å²) in [6.07, 6.45) is 7.02. The molecule has 1 unspecified atom stereocenters. The van der Waals surface area contributed by atoms with E-state index in [1.165, 1.54) is 4.90 Å². The summed E-state index contributed by atoms with van der Waals surface area (Å²) in [7, 11) is 0. The number of rotatable bonds is 7. The molecule has 8 heteroatoms. The molecule has 0 radical (unpaired) electrons. The van der Waals surface area contributed by atoms with E-state index in [1.807, 2.05) is 0 Å². The second kappa shape index (κ2) is 7.76. The zero-order valence-corrected chi connectivity index (χ0v) is 16.0. The fraction of sp³-hybridized carbons (Fsp3) is 0.476. The summed E-state index contributed by atoms with van der Waals surface area (Å²) in [6.45, 7) is 1.34. The van der Waals surface area contributed by atoms with Gasteiger partial charge in [-0.25, -0.2) is 0 Å². The average Bonchev–Trinajstić information content (AvgIpc) is 3.49. The minimum absolute atomic E-state index is 0.00181. The first-order valence-corrected chi connectivity index (χ1v) is 9.75. The second-order valence-corrected chi connectivity index (χ2v) is 7.49. The summed E-state index contributed by atoms with van der Waals surface area (Å²) in [5.74, 6) is 1.95. The predicted molar refractivity (Wildman–Crippen MR) is 103 cm³/mol. The third-order valence-electron chi connectivity index (χ3n) is 5.55. The maximum atomic E-state index is 12.6. The first-order chi connectivity index (χ1) is 14.0. The summed E-state index contributed by atoms with van der Waals surface area (Å²) in [4.78, 5) is 40.6. The lowest BCUT2D eigenvalue weighted by Gasteiger charge is -2.34. The Morgan fingerprint density at radius 2 is 1.90 bits per heavy atom. The van der Waals surface area contributed by atoms with Gasteiger partial charge in [0.05, 0.1) is 30.4 Å². The number of hydrogen-bond donors (Lipinski definition) is 0. The summed E-state index contributed by atoms with van der Waals surface area (Å²) < 4.78 is 5.73. The molecule has 3 aliphatic rings. The fourth-order valence-corrected chi connectivity index (χ4v) is 3.80. The van der Waals surface area contributed by atoms with Crippen LogP contribution in [0.3, 0.4) is 0 Å². The van der Waals surface area contributed by atoms with Gasteiger partial charge in [0.15, 0.2) is 5.66 Å². The molecule has 150 valence electrons. The van der Waals surface area contributed by atoms with Crippen LogP contribution in [0.5, 0.6) is 0 Å². The summed E-state index contributed by atoms with van der Waals surface area (Å²) in [6, 6.07) is 6.77. The van der Waals surface area contributed by atoms with Crippen LogP contribution >= 0.6 is 0 Å². The standard InChI is InChI=1S/C21H22N4O4/c1-2-3-9-21(22-23-21)10-8-18(26)24-11-12-29-15(13-24)14-25-19(27)16-6-4-5-7-17(16)20(25)28/h1,4-7,15H,3,8-14H2. The zero-order chi connectivity index (χ0) is 20.4. The van der Waals surface area contributed by atoms with E-state index in [-0.39, 0.29) is 24.3 Å². The highest BCUT2D eigenvalue weighted by atomic mass is 16.5. The van der Waals surface area contributed by atoms with Crippen LogP contribution in [0, 0.1) is 12.3 Å². The Morgan fingerprint density at radius 1 is 1.21 bits per heavy atom. The molecular formula is C21H22N4O4. The van der Waals surface area contributed by atoms with Crippen LogP contribution in [0.1, 0.15) is 46.4 Å². The lowest BCUT2D eigenvalue weighted by atomic mass is 10.0. The van der Waals surface area contributed by atoms with Crippen LogP contribution in [-0.2, 0) is 9.53 Å². The number of morpholine rings is 1. The molecule has 29 heavy (non-hydrogen) atoms. The van der Waals surface area contributed by atoms with Gasteiger partial charge in [-0.05, 0) is 12.1 Å². The van der Waals surface area contributed by atoms with Crippen LogP contribution in [0.25, 0.3) is 0 Å². The van der Waals surface area contributed by atoms with Gasteiger partial charge in [0.1, 0.15) is 0 Å². The third kappa shape index (κ3) is 3.91. The Balaban J connectivity index is 1.31. The van der Waals surface area contributed by atoms with Crippen molar-refractivity contribution >= 4 is 17.7 Å². The molecular weight excluding hydrogens is 372 g/mol. The maximum Gasteiger partial charge on any atom is 0.261 e. The van der Waals surface area contributed by atoms with Crippen LogP contribution in [0.4, 0.5) is 0 Å². The number of nitrogens with zero attached hydrogens (tertiary/aromatic N) is 4. The molecule has 3 amide bonds. The molecule has 0 aromatic heterocycles. The lowest BCUT2D eigenvalue weighted by molar-refractivity contribution is -0.139. The smallest absolute Gasteiger partial charge is 0.261 e. The van der Waals surface area contributed by atoms with Gasteiger partial charge in [-0.1, -0.05) is 12.1 Å². The van der Waals surface area contributed by atoms with Crippen molar-refractivity contribution < 1.29 is 19.1 Å². The first kappa shape index (κ1) is 19.3. The van der Waals surface area contributed by atoms with E-state index in [1.54, 1.807) is 29.2 Å². The van der Waals surface area contributed by atoms with E-state index in [0.717, 1.165) is 0 Å². The number of hydrogen-bond acceptors (Lipinski definition) is 6. The molecule has 1 saturated heterocycles. The van der Waals surface area contributed by atoms with Crippen LogP contribution < -0.4 is 0 Å². The van der Waals surface area contributed by atoms with Crippen molar-refractivity contribution in [2.24, 2.45) is 10.2 Å². The van der Waals surface area contributed by atoms with Crippen molar-refractivity contribution in [2.75, 3.05) is 26.2 Å². The van der Waals surface area contributed by atoms with Crippen molar-refractivity contribution in [1.82, 2.24) is 9.80 Å². The molecule has 8 nitrogen and oxygen atoms in total. The number of terminal acetylenes is 1. The van der Waals surface area contributed by atoms with Gasteiger partial charge in [0.2, 0.25) is 5.91 Å². The largest absolute Gasteiger partial charge is 0.373 e. The molecule has 0 spiro atoms. The molecule has 1 atom stereocenters. The Hall–Kier alpha value is -3.05. The minimum Gasteiger partial charge on any atom is -0.373 e. The molecule has 1 aromatic rings. The number of imide groups is 1. The number of amides is 3. The number of ether oxygens (including phenoxy) is 1. The summed E-state index contributed by atoms with van der Waals surface area (Å²) in [5, 5.41) is 8.12. The molecule has 3 heterocycles. The lowest BCUT2D eigenvalue weighted by Crippen LogP contribution is -2.50. The van der Waals surface area contributed by atoms with Crippen molar-refractivity contribution in [3.8, 4) is 12.3 Å². The van der Waals surface area contributed by atoms with Gasteiger partial charge < -0.3 is 9.64 Å². The van der Waals surface area contributed by atoms with Gasteiger partial charge in [0, 0.05) is 38.8 Å². The first-order valence-electron chi connectivity index (χ1n) is 9.75. The summed E-state index contributed by atoms with van der Waals surface area (Å²) in [5.41, 5.74) is 0.347. The number of carbonyl (C=O) groups excluding carboxylic acids is 3. The second-order valence-electron chi connectivity index (χ2n) is 7.49. The van der Waals surface area contributed by atoms with E-state index >= 15 is 0 Å². The normalized spacial score (nSPS) is 21.8. The van der Waals surface area contributed by atoms with Crippen molar-refractivity contribution in [3.63, 3.8) is 0 Å². The zero-order valence-electron chi connectivity index (χ0n) is 16.0. The highest BCUT2D eigenvalue weighted by Crippen LogP contribution is 2.37. The minimum atomic E-state index is -0.478. The average molecular weight is 394 g/mol. The van der Waals surface area contributed by atoms with E-state index in [9.17, 15) is 14.4 Å². The van der Waals surface area contributed by atoms with Gasteiger partial charge >= 0.3 is 0 Å². The third-order valence-corrected chi connectivity index (χ3v) is 5.55. The Morgan fingerprint density at radius 3 is 2.52 bits per heavy atom. The predicted octanol–water partition coefficient (Wildman–Crippen LogP) is 1.87. The molecule has 0 saturated carbocycles. The Bertz CT molecular complexity index is 879. The highest BCUT2D eigenvalue weighted by molar-refractivity contribution is 6.21. The molecule has 1 aromatic carbocycles. The Kier molecular flexibility index (Phi) is 5.16. The van der Waals surface area contributed by atoms with Crippen LogP contribution in [0.2, 0.25) is 0 Å². The van der Waals surface area contributed by atoms with Gasteiger partial charge in [-0.3, -0.25) is 19.3 Å². The van der Waals surface area contributed by atoms with Crippen molar-refractivity contribution in [1.29, 1.82) is 0 Å². The van der Waals surface area contributed by atoms with Crippen molar-refractivity contribution in [3.05, 3.63) is 35.4 Å². The van der Waals surface area contributed by atoms with Gasteiger partial charge in [-0.2, -0.15) is 10.2 Å². The van der Waals surface area contributed by atoms with E-state index in [0.29, 0.717) is 56.5 Å². The molecule has 0 N–H and O–H groups in total. The molecule has 4 rings (SSSR count). The number of fused-ring (bicyclic) bond motifs is 1. The van der Waals surface area contributed by atoms with Crippen LogP contribution in [-0.4, -0.2) is 65.5 Å². The molecule has 3 aliphatic heterocycles. The molecule has 0 aliphatic carbocycles. The van der Waals surface area contributed by atoms with Crippen molar-refractivity contribution in [2.45, 2.75) is 37.5 Å². The quantitative estimate of drug-likeness (QED) is 0.521. The molecule has 0 bridgehead atoms. The number of benzene rings is 1. The Labute approximate surface area is 168 Å². The van der Waals surface area contributed by atoms with Crippen LogP contribution in [0.15, 0.2) is 34.5 Å². The van der Waals surface area contributed by atoms with Gasteiger partial charge in [0.25, 0.3) is 11.8 Å². The monoisotopic (exact) mass is 394 g/mol. The fourth-order valence-electron chi connectivity index (χ4n) is 3.80. The topological polar surface area (TPSA) is 91.6 Å². The van der Waals surface area contributed by atoms with E-state index in [2.05, 4.69) is 16.1 Å². The summed E-state index contributed by atoms with van der Waals surface area (Å²) >= 11 is 0. The van der Waals surface area contributed by atoms with E-state index in [4.69, 9.17) is 11.2 Å². The molecule has 1 fully saturated rings. The SMILES string of the molecule is C#CCCC1(CCC(=O)N2CCOC(CN3C(=O)c4ccccc4C3=O)C2)N=N1. The van der Waals surface area contributed by atoms with Gasteiger partial charge in [-0.15, -0.1) is 12.3 Å².